The molecule has 2 saturated heterocycles. The Morgan fingerprint density at radius 3 is 2.82 bits per heavy atom. The molecule has 0 aliphatic carbocycles. The molecule has 0 spiro atoms. The second-order valence-electron chi connectivity index (χ2n) is 6.55. The smallest absolute Gasteiger partial charge is 0.197 e. The van der Waals surface area contributed by atoms with Gasteiger partial charge in [0.25, 0.3) is 0 Å². The predicted molar refractivity (Wildman–Crippen MR) is 75.7 cm³/mol. The quantitative estimate of drug-likeness (QED) is 0.808. The minimum absolute atomic E-state index is 0.119. The molecule has 2 fully saturated rings. The third-order valence-electron chi connectivity index (χ3n) is 3.99. The zero-order valence-electron chi connectivity index (χ0n) is 13.2. The minimum atomic E-state index is -1.24. The van der Waals surface area contributed by atoms with E-state index in [2.05, 4.69) is 13.8 Å². The normalized spacial score (nSPS) is 37.9. The first kappa shape index (κ1) is 15.9. The van der Waals surface area contributed by atoms with Crippen LogP contribution in [-0.4, -0.2) is 37.1 Å². The number of alkyl halides is 1. The summed E-state index contributed by atoms with van der Waals surface area (Å²) in [5.74, 6) is -0.786. The van der Waals surface area contributed by atoms with Crippen LogP contribution in [0.15, 0.2) is 23.0 Å². The summed E-state index contributed by atoms with van der Waals surface area (Å²) in [5.41, 5.74) is 0.943. The minimum Gasteiger partial charge on any atom is -0.472 e. The maximum Gasteiger partial charge on any atom is 0.197 e. The number of halogens is 1. The zero-order chi connectivity index (χ0) is 15.7. The van der Waals surface area contributed by atoms with Crippen molar-refractivity contribution in [3.63, 3.8) is 0 Å². The van der Waals surface area contributed by atoms with E-state index in [-0.39, 0.29) is 12.2 Å². The Balaban J connectivity index is 1.69. The van der Waals surface area contributed by atoms with Gasteiger partial charge in [-0.05, 0) is 25.3 Å². The van der Waals surface area contributed by atoms with Crippen LogP contribution in [0, 0.1) is 5.92 Å². The molecule has 0 N–H and O–H groups in total. The molecule has 1 aromatic heterocycles. The van der Waals surface area contributed by atoms with E-state index in [1.807, 2.05) is 6.07 Å². The lowest BCUT2D eigenvalue weighted by Gasteiger charge is -2.27. The Morgan fingerprint density at radius 1 is 1.36 bits per heavy atom. The van der Waals surface area contributed by atoms with Crippen molar-refractivity contribution in [3.05, 3.63) is 24.2 Å². The number of hydrogen-bond donors (Lipinski definition) is 0. The van der Waals surface area contributed by atoms with Crippen molar-refractivity contribution >= 4 is 0 Å². The van der Waals surface area contributed by atoms with Crippen molar-refractivity contribution in [2.45, 2.75) is 64.2 Å². The first-order valence-electron chi connectivity index (χ1n) is 7.70. The van der Waals surface area contributed by atoms with Gasteiger partial charge in [-0.25, -0.2) is 4.39 Å². The molecular weight excluding hydrogens is 291 g/mol. The van der Waals surface area contributed by atoms with Gasteiger partial charge in [-0.3, -0.25) is 0 Å². The van der Waals surface area contributed by atoms with Crippen LogP contribution in [0.25, 0.3) is 0 Å². The average Bonchev–Trinajstić information content (AvgIpc) is 3.13. The average molecular weight is 314 g/mol. The molecule has 3 heterocycles. The number of ether oxygens (including phenoxy) is 4. The molecule has 0 radical (unpaired) electrons. The topological polar surface area (TPSA) is 50.1 Å². The molecular formula is C16H23FO5. The lowest BCUT2D eigenvalue weighted by molar-refractivity contribution is -0.235. The van der Waals surface area contributed by atoms with Gasteiger partial charge in [0.15, 0.2) is 12.1 Å². The fraction of sp³-hybridized carbons (Fsp3) is 0.750. The van der Waals surface area contributed by atoms with E-state index in [9.17, 15) is 4.39 Å². The molecule has 0 saturated carbocycles. The van der Waals surface area contributed by atoms with Crippen molar-refractivity contribution < 1.29 is 27.8 Å². The molecule has 1 unspecified atom stereocenters. The van der Waals surface area contributed by atoms with Crippen LogP contribution in [0.3, 0.4) is 0 Å². The SMILES string of the molecule is CC(C)C[C@H]1O[C@@H]2OC(C)(CF)O[C@@H]2[C@H]1OCc1ccoc1. The molecule has 22 heavy (non-hydrogen) atoms. The Bertz CT molecular complexity index is 477. The molecule has 0 bridgehead atoms. The van der Waals surface area contributed by atoms with Gasteiger partial charge in [-0.15, -0.1) is 0 Å². The Labute approximate surface area is 129 Å². The van der Waals surface area contributed by atoms with Crippen molar-refractivity contribution in [1.29, 1.82) is 0 Å². The molecule has 0 aromatic carbocycles. The lowest BCUT2D eigenvalue weighted by atomic mass is 10.0. The van der Waals surface area contributed by atoms with Crippen molar-refractivity contribution in [2.75, 3.05) is 6.67 Å². The van der Waals surface area contributed by atoms with Crippen LogP contribution in [0.1, 0.15) is 32.8 Å². The van der Waals surface area contributed by atoms with Gasteiger partial charge in [0.05, 0.1) is 25.2 Å². The van der Waals surface area contributed by atoms with Crippen LogP contribution in [0.4, 0.5) is 4.39 Å². The number of fused-ring (bicyclic) bond motifs is 1. The maximum atomic E-state index is 13.1. The van der Waals surface area contributed by atoms with Gasteiger partial charge >= 0.3 is 0 Å². The summed E-state index contributed by atoms with van der Waals surface area (Å²) in [7, 11) is 0. The summed E-state index contributed by atoms with van der Waals surface area (Å²) in [6.07, 6.45) is 2.70. The van der Waals surface area contributed by atoms with Crippen LogP contribution < -0.4 is 0 Å². The van der Waals surface area contributed by atoms with E-state index >= 15 is 0 Å². The highest BCUT2D eigenvalue weighted by atomic mass is 19.1. The van der Waals surface area contributed by atoms with Gasteiger partial charge in [-0.1, -0.05) is 13.8 Å². The molecule has 5 atom stereocenters. The molecule has 0 amide bonds. The second-order valence-corrected chi connectivity index (χ2v) is 6.55. The van der Waals surface area contributed by atoms with E-state index in [4.69, 9.17) is 23.4 Å². The van der Waals surface area contributed by atoms with E-state index in [1.165, 1.54) is 0 Å². The fourth-order valence-corrected chi connectivity index (χ4v) is 2.96. The van der Waals surface area contributed by atoms with Crippen molar-refractivity contribution in [1.82, 2.24) is 0 Å². The number of hydrogen-bond acceptors (Lipinski definition) is 5. The largest absolute Gasteiger partial charge is 0.472 e. The maximum absolute atomic E-state index is 13.1. The Hall–Kier alpha value is -0.950. The first-order valence-corrected chi connectivity index (χ1v) is 7.70. The second kappa shape index (κ2) is 6.28. The predicted octanol–water partition coefficient (Wildman–Crippen LogP) is 3.04. The Morgan fingerprint density at radius 2 is 2.18 bits per heavy atom. The number of rotatable bonds is 6. The fourth-order valence-electron chi connectivity index (χ4n) is 2.96. The molecule has 1 aromatic rings. The van der Waals surface area contributed by atoms with E-state index < -0.39 is 24.9 Å². The van der Waals surface area contributed by atoms with Gasteiger partial charge in [-0.2, -0.15) is 0 Å². The molecule has 5 nitrogen and oxygen atoms in total. The van der Waals surface area contributed by atoms with E-state index in [0.717, 1.165) is 12.0 Å². The summed E-state index contributed by atoms with van der Waals surface area (Å²) in [6.45, 7) is 5.51. The summed E-state index contributed by atoms with van der Waals surface area (Å²) in [5, 5.41) is 0. The van der Waals surface area contributed by atoms with Crippen LogP contribution in [0.5, 0.6) is 0 Å². The van der Waals surface area contributed by atoms with E-state index in [0.29, 0.717) is 12.5 Å². The van der Waals surface area contributed by atoms with Crippen LogP contribution >= 0.6 is 0 Å². The van der Waals surface area contributed by atoms with Gasteiger partial charge < -0.3 is 23.4 Å². The first-order chi connectivity index (χ1) is 10.5. The molecule has 3 rings (SSSR count). The van der Waals surface area contributed by atoms with Gasteiger partial charge in [0.2, 0.25) is 0 Å². The van der Waals surface area contributed by atoms with Gasteiger partial charge in [0.1, 0.15) is 18.9 Å². The highest BCUT2D eigenvalue weighted by Crippen LogP contribution is 2.41. The number of furan rings is 1. The van der Waals surface area contributed by atoms with E-state index in [1.54, 1.807) is 19.5 Å². The Kier molecular flexibility index (Phi) is 4.54. The molecule has 124 valence electrons. The summed E-state index contributed by atoms with van der Waals surface area (Å²) >= 11 is 0. The van der Waals surface area contributed by atoms with Gasteiger partial charge in [0, 0.05) is 5.56 Å². The van der Waals surface area contributed by atoms with Crippen molar-refractivity contribution in [3.8, 4) is 0 Å². The molecule has 2 aliphatic heterocycles. The summed E-state index contributed by atoms with van der Waals surface area (Å²) in [6, 6.07) is 1.85. The lowest BCUT2D eigenvalue weighted by Crippen LogP contribution is -2.39. The summed E-state index contributed by atoms with van der Waals surface area (Å²) < 4.78 is 41.4. The molecule has 6 heteroatoms. The zero-order valence-corrected chi connectivity index (χ0v) is 13.2. The standard InChI is InChI=1S/C16H23FO5/c1-10(2)6-12-13(19-8-11-4-5-18-7-11)14-15(20-12)22-16(3,9-17)21-14/h4-5,7,10,12-15H,6,8-9H2,1-3H3/t12-,13+,14-,15-,16?/m1/s1. The third kappa shape index (κ3) is 3.20. The van der Waals surface area contributed by atoms with Crippen LogP contribution in [0.2, 0.25) is 0 Å². The third-order valence-corrected chi connectivity index (χ3v) is 3.99. The highest BCUT2D eigenvalue weighted by molar-refractivity contribution is 5.04. The highest BCUT2D eigenvalue weighted by Gasteiger charge is 2.56. The molecule has 2 aliphatic rings. The monoisotopic (exact) mass is 314 g/mol. The van der Waals surface area contributed by atoms with Crippen LogP contribution in [-0.2, 0) is 25.6 Å². The summed E-state index contributed by atoms with van der Waals surface area (Å²) in [4.78, 5) is 0. The van der Waals surface area contributed by atoms with Crippen molar-refractivity contribution in [2.24, 2.45) is 5.92 Å².